The first-order valence-corrected chi connectivity index (χ1v) is 13.4. The summed E-state index contributed by atoms with van der Waals surface area (Å²) in [6, 6.07) is 9.60. The number of amides is 1. The van der Waals surface area contributed by atoms with Gasteiger partial charge in [-0.1, -0.05) is 73.2 Å². The third-order valence-electron chi connectivity index (χ3n) is 6.17. The van der Waals surface area contributed by atoms with Crippen LogP contribution in [0.25, 0.3) is 0 Å². The molecular formula is C28H32Cl2F2N2O7. The van der Waals surface area contributed by atoms with Crippen LogP contribution in [0.3, 0.4) is 0 Å². The first kappa shape index (κ1) is 37.5. The van der Waals surface area contributed by atoms with Gasteiger partial charge in [-0.25, -0.2) is 8.78 Å². The predicted molar refractivity (Wildman–Crippen MR) is 144 cm³/mol. The number of nitrogens with two attached hydrogens (primary N) is 1. The lowest BCUT2D eigenvalue weighted by atomic mass is 10.1. The Morgan fingerprint density at radius 2 is 1.20 bits per heavy atom. The minimum absolute atomic E-state index is 0.0185. The van der Waals surface area contributed by atoms with E-state index in [4.69, 9.17) is 53.2 Å². The molecule has 9 nitrogen and oxygen atoms in total. The Morgan fingerprint density at radius 3 is 1.56 bits per heavy atom. The Balaban J connectivity index is 0.000000568. The number of carboxylic acids is 1. The molecule has 0 aromatic heterocycles. The second-order valence-corrected chi connectivity index (χ2v) is 9.63. The summed E-state index contributed by atoms with van der Waals surface area (Å²) < 4.78 is 26.3. The van der Waals surface area contributed by atoms with Crippen LogP contribution in [0.1, 0.15) is 62.5 Å². The van der Waals surface area contributed by atoms with Gasteiger partial charge in [-0.15, -0.1) is 0 Å². The van der Waals surface area contributed by atoms with Crippen molar-refractivity contribution < 1.29 is 42.7 Å². The highest BCUT2D eigenvalue weighted by atomic mass is 35.5. The van der Waals surface area contributed by atoms with E-state index in [1.165, 1.54) is 12.1 Å². The zero-order valence-corrected chi connectivity index (χ0v) is 23.7. The number of halogens is 4. The molecule has 0 radical (unpaired) electrons. The molecule has 2 aromatic rings. The molecule has 0 spiro atoms. The summed E-state index contributed by atoms with van der Waals surface area (Å²) in [5.41, 5.74) is 6.11. The van der Waals surface area contributed by atoms with Crippen LogP contribution in [-0.2, 0) is 41.9 Å². The summed E-state index contributed by atoms with van der Waals surface area (Å²) >= 11 is 11.1. The SMILES string of the molecule is NCc1cccc(Cl)c1F.O=C(NCc1cccc(Cl)c1F)C1CCCC1.O=C(O)C1CCCC1.O=C=O.O=C=O. The number of rotatable bonds is 5. The van der Waals surface area contributed by atoms with E-state index >= 15 is 0 Å². The van der Waals surface area contributed by atoms with Crippen LogP contribution in [0.5, 0.6) is 0 Å². The van der Waals surface area contributed by atoms with Gasteiger partial charge in [0, 0.05) is 30.1 Å². The van der Waals surface area contributed by atoms with E-state index < -0.39 is 17.6 Å². The molecule has 0 bridgehead atoms. The van der Waals surface area contributed by atoms with Crippen molar-refractivity contribution in [2.75, 3.05) is 0 Å². The highest BCUT2D eigenvalue weighted by Gasteiger charge is 2.22. The molecule has 2 aliphatic carbocycles. The topological polar surface area (TPSA) is 161 Å². The van der Waals surface area contributed by atoms with Gasteiger partial charge in [0.1, 0.15) is 11.6 Å². The zero-order valence-electron chi connectivity index (χ0n) is 22.2. The number of carbonyl (C=O) groups excluding carboxylic acids is 5. The van der Waals surface area contributed by atoms with E-state index in [2.05, 4.69) is 5.32 Å². The maximum Gasteiger partial charge on any atom is 0.373 e. The molecule has 2 fully saturated rings. The third kappa shape index (κ3) is 15.2. The van der Waals surface area contributed by atoms with Gasteiger partial charge in [-0.2, -0.15) is 19.2 Å². The van der Waals surface area contributed by atoms with E-state index in [9.17, 15) is 18.4 Å². The van der Waals surface area contributed by atoms with E-state index in [1.807, 2.05) is 0 Å². The molecule has 0 saturated heterocycles. The molecule has 224 valence electrons. The van der Waals surface area contributed by atoms with Crippen LogP contribution in [0, 0.1) is 23.5 Å². The molecule has 2 saturated carbocycles. The summed E-state index contributed by atoms with van der Waals surface area (Å²) in [5, 5.41) is 11.4. The second-order valence-electron chi connectivity index (χ2n) is 8.82. The zero-order chi connectivity index (χ0) is 31.2. The summed E-state index contributed by atoms with van der Waals surface area (Å²) in [6.45, 7) is 0.397. The fourth-order valence-electron chi connectivity index (χ4n) is 4.08. The van der Waals surface area contributed by atoms with Crippen molar-refractivity contribution in [1.82, 2.24) is 5.32 Å². The average molecular weight is 617 g/mol. The van der Waals surface area contributed by atoms with Gasteiger partial charge in [0.2, 0.25) is 5.91 Å². The van der Waals surface area contributed by atoms with E-state index in [-0.39, 0.29) is 53.2 Å². The Kier molecular flexibility index (Phi) is 20.4. The van der Waals surface area contributed by atoms with E-state index in [0.717, 1.165) is 51.4 Å². The molecule has 4 N–H and O–H groups in total. The van der Waals surface area contributed by atoms with Gasteiger partial charge in [0.25, 0.3) is 0 Å². The molecule has 2 aromatic carbocycles. The third-order valence-corrected chi connectivity index (χ3v) is 6.75. The minimum atomic E-state index is -0.609. The molecular weight excluding hydrogens is 585 g/mol. The van der Waals surface area contributed by atoms with Crippen LogP contribution in [0.2, 0.25) is 10.0 Å². The number of carboxylic acid groups (broad SMARTS) is 1. The number of hydrogen-bond acceptors (Lipinski definition) is 7. The van der Waals surface area contributed by atoms with Crippen molar-refractivity contribution in [2.24, 2.45) is 17.6 Å². The fourth-order valence-corrected chi connectivity index (χ4v) is 4.47. The Bertz CT molecular complexity index is 1150. The highest BCUT2D eigenvalue weighted by Crippen LogP contribution is 2.25. The summed E-state index contributed by atoms with van der Waals surface area (Å²) in [6.07, 6.45) is 8.64. The van der Waals surface area contributed by atoms with Gasteiger partial charge < -0.3 is 16.2 Å². The molecule has 2 aliphatic rings. The van der Waals surface area contributed by atoms with Gasteiger partial charge in [0.15, 0.2) is 0 Å². The van der Waals surface area contributed by atoms with E-state index in [1.54, 1.807) is 24.3 Å². The van der Waals surface area contributed by atoms with Crippen LogP contribution in [0.15, 0.2) is 36.4 Å². The lowest BCUT2D eigenvalue weighted by molar-refractivity contribution is -0.193. The molecule has 0 unspecified atom stereocenters. The Morgan fingerprint density at radius 1 is 0.805 bits per heavy atom. The van der Waals surface area contributed by atoms with Crippen LogP contribution < -0.4 is 11.1 Å². The van der Waals surface area contributed by atoms with Crippen LogP contribution in [-0.4, -0.2) is 29.3 Å². The number of carbonyl (C=O) groups is 2. The standard InChI is InChI=1S/C13H15ClFNO.C7H7ClFN.C6H10O2.2CO2/c14-11-7-3-6-10(12(11)15)8-16-13(17)9-4-1-2-5-9;8-6-3-1-2-5(4-10)7(6)9;7-6(8)5-3-1-2-4-5;2*2-1-3/h3,6-7,9H,1-2,4-5,8H2,(H,16,17);1-3H,4,10H2;5H,1-4H2,(H,7,8);;. The van der Waals surface area contributed by atoms with Gasteiger partial charge in [0.05, 0.1) is 16.0 Å². The van der Waals surface area contributed by atoms with Crippen LogP contribution in [0.4, 0.5) is 8.78 Å². The quantitative estimate of drug-likeness (QED) is 0.407. The van der Waals surface area contributed by atoms with Gasteiger partial charge in [-0.05, 0) is 37.8 Å². The predicted octanol–water partition coefficient (Wildman–Crippen LogP) is 5.32. The summed E-state index contributed by atoms with van der Waals surface area (Å²) in [7, 11) is 0. The second kappa shape index (κ2) is 22.3. The average Bonchev–Trinajstić information content (AvgIpc) is 3.68. The number of benzene rings is 2. The van der Waals surface area contributed by atoms with Crippen LogP contribution >= 0.6 is 23.2 Å². The maximum atomic E-state index is 13.5. The minimum Gasteiger partial charge on any atom is -0.481 e. The van der Waals surface area contributed by atoms with E-state index in [0.29, 0.717) is 11.1 Å². The highest BCUT2D eigenvalue weighted by molar-refractivity contribution is 6.31. The molecule has 0 heterocycles. The lowest BCUT2D eigenvalue weighted by Gasteiger charge is -2.11. The van der Waals surface area contributed by atoms with Crippen molar-refractivity contribution in [1.29, 1.82) is 0 Å². The maximum absolute atomic E-state index is 13.5. The lowest BCUT2D eigenvalue weighted by Crippen LogP contribution is -2.29. The normalized spacial score (nSPS) is 13.7. The Labute approximate surface area is 246 Å². The largest absolute Gasteiger partial charge is 0.481 e. The molecule has 4 rings (SSSR count). The summed E-state index contributed by atoms with van der Waals surface area (Å²) in [5.74, 6) is -1.34. The van der Waals surface area contributed by atoms with Gasteiger partial charge >= 0.3 is 18.3 Å². The number of nitrogens with one attached hydrogen (secondary N) is 1. The Hall–Kier alpha value is -3.46. The molecule has 13 heteroatoms. The van der Waals surface area contributed by atoms with Gasteiger partial charge in [-0.3, -0.25) is 9.59 Å². The smallest absolute Gasteiger partial charge is 0.373 e. The molecule has 0 atom stereocenters. The van der Waals surface area contributed by atoms with Crippen molar-refractivity contribution >= 4 is 47.4 Å². The van der Waals surface area contributed by atoms with Crippen molar-refractivity contribution in [3.8, 4) is 0 Å². The fraction of sp³-hybridized carbons (Fsp3) is 0.429. The van der Waals surface area contributed by atoms with Crippen molar-refractivity contribution in [2.45, 2.75) is 64.5 Å². The molecule has 0 aliphatic heterocycles. The monoisotopic (exact) mass is 616 g/mol. The number of hydrogen-bond donors (Lipinski definition) is 3. The first-order valence-electron chi connectivity index (χ1n) is 12.6. The van der Waals surface area contributed by atoms with Crippen molar-refractivity contribution in [3.05, 3.63) is 69.2 Å². The first-order chi connectivity index (χ1) is 19.6. The number of aliphatic carboxylic acids is 1. The molecule has 1 amide bonds. The summed E-state index contributed by atoms with van der Waals surface area (Å²) in [4.78, 5) is 54.4. The van der Waals surface area contributed by atoms with Crippen molar-refractivity contribution in [3.63, 3.8) is 0 Å². The molecule has 41 heavy (non-hydrogen) atoms.